The van der Waals surface area contributed by atoms with Gasteiger partial charge in [-0.2, -0.15) is 0 Å². The predicted octanol–water partition coefficient (Wildman–Crippen LogP) is 2.26. The van der Waals surface area contributed by atoms with Gasteiger partial charge in [0.25, 0.3) is 0 Å². The highest BCUT2D eigenvalue weighted by atomic mass is 16.2. The number of urea groups is 1. The van der Waals surface area contributed by atoms with Crippen molar-refractivity contribution in [3.63, 3.8) is 0 Å². The number of aliphatic imine (C=N–C) groups is 1. The average molecular weight is 275 g/mol. The van der Waals surface area contributed by atoms with Gasteiger partial charge >= 0.3 is 6.03 Å². The van der Waals surface area contributed by atoms with Gasteiger partial charge in [0.1, 0.15) is 11.5 Å². The van der Waals surface area contributed by atoms with Gasteiger partial charge in [0.15, 0.2) is 5.84 Å². The molecule has 0 saturated heterocycles. The van der Waals surface area contributed by atoms with E-state index in [0.717, 1.165) is 17.3 Å². The largest absolute Gasteiger partial charge is 0.331 e. The standard InChI is InChI=1S/C14H21N5O/c1-8(2)17-7-16-11-12-15-6-10(5)19(12)14(20)18(9(3)4)13(11)17/h7-10H,6H2,1-5H3/t10-/m0/s1. The molecule has 3 rings (SSSR count). The molecule has 0 bridgehead atoms. The molecule has 3 heterocycles. The highest BCUT2D eigenvalue weighted by Crippen LogP contribution is 2.34. The lowest BCUT2D eigenvalue weighted by atomic mass is 10.2. The number of carbonyl (C=O) groups excluding carboxylic acids is 1. The van der Waals surface area contributed by atoms with E-state index in [4.69, 9.17) is 0 Å². The number of nitrogens with zero attached hydrogens (tertiary/aromatic N) is 5. The van der Waals surface area contributed by atoms with Gasteiger partial charge in [-0.1, -0.05) is 0 Å². The first-order chi connectivity index (χ1) is 9.43. The number of hydrogen-bond donors (Lipinski definition) is 0. The number of hydrogen-bond acceptors (Lipinski definition) is 3. The van der Waals surface area contributed by atoms with Crippen LogP contribution in [0.3, 0.4) is 0 Å². The molecule has 6 nitrogen and oxygen atoms in total. The Morgan fingerprint density at radius 2 is 1.95 bits per heavy atom. The number of amidine groups is 1. The van der Waals surface area contributed by atoms with Crippen molar-refractivity contribution in [1.82, 2.24) is 14.5 Å². The van der Waals surface area contributed by atoms with Crippen LogP contribution in [-0.2, 0) is 0 Å². The van der Waals surface area contributed by atoms with Gasteiger partial charge in [-0.3, -0.25) is 14.8 Å². The Hall–Kier alpha value is -1.85. The molecule has 20 heavy (non-hydrogen) atoms. The van der Waals surface area contributed by atoms with Gasteiger partial charge in [0.2, 0.25) is 0 Å². The molecular formula is C14H21N5O. The van der Waals surface area contributed by atoms with Gasteiger partial charge in [-0.05, 0) is 34.6 Å². The van der Waals surface area contributed by atoms with E-state index >= 15 is 0 Å². The number of anilines is 1. The SMILES string of the molecule is CC(C)N1C(=O)N2C(=NC[C@@H]2C)c2ncn(C(C)C)c21. The first-order valence-corrected chi connectivity index (χ1v) is 7.17. The van der Waals surface area contributed by atoms with E-state index in [1.165, 1.54) is 0 Å². The van der Waals surface area contributed by atoms with Crippen LogP contribution in [-0.4, -0.2) is 44.9 Å². The van der Waals surface area contributed by atoms with E-state index in [0.29, 0.717) is 6.54 Å². The maximum Gasteiger partial charge on any atom is 0.331 e. The lowest BCUT2D eigenvalue weighted by Gasteiger charge is -2.38. The molecule has 1 aromatic rings. The maximum atomic E-state index is 12.8. The van der Waals surface area contributed by atoms with Crippen LogP contribution in [0.25, 0.3) is 0 Å². The molecule has 2 aliphatic heterocycles. The van der Waals surface area contributed by atoms with Crippen molar-refractivity contribution in [2.75, 3.05) is 11.4 Å². The van der Waals surface area contributed by atoms with Gasteiger partial charge in [-0.15, -0.1) is 0 Å². The molecule has 0 N–H and O–H groups in total. The quantitative estimate of drug-likeness (QED) is 0.831. The Morgan fingerprint density at radius 1 is 1.25 bits per heavy atom. The van der Waals surface area contributed by atoms with Gasteiger partial charge in [-0.25, -0.2) is 9.78 Å². The fraction of sp³-hybridized carbons (Fsp3) is 0.643. The minimum absolute atomic E-state index is 0.0126. The zero-order valence-electron chi connectivity index (χ0n) is 12.7. The Morgan fingerprint density at radius 3 is 2.55 bits per heavy atom. The molecule has 0 spiro atoms. The number of aromatic nitrogens is 2. The van der Waals surface area contributed by atoms with E-state index < -0.39 is 0 Å². The molecule has 0 unspecified atom stereocenters. The lowest BCUT2D eigenvalue weighted by Crippen LogP contribution is -2.55. The van der Waals surface area contributed by atoms with E-state index in [-0.39, 0.29) is 24.2 Å². The molecule has 1 aromatic heterocycles. The normalized spacial score (nSPS) is 21.6. The van der Waals surface area contributed by atoms with Crippen LogP contribution in [0, 0.1) is 0 Å². The van der Waals surface area contributed by atoms with Crippen molar-refractivity contribution >= 4 is 17.7 Å². The Kier molecular flexibility index (Phi) is 2.84. The van der Waals surface area contributed by atoms with E-state index in [2.05, 4.69) is 28.4 Å². The van der Waals surface area contributed by atoms with Crippen LogP contribution in [0.2, 0.25) is 0 Å². The molecule has 0 saturated carbocycles. The third-order valence-electron chi connectivity index (χ3n) is 3.87. The summed E-state index contributed by atoms with van der Waals surface area (Å²) in [6.07, 6.45) is 1.81. The summed E-state index contributed by atoms with van der Waals surface area (Å²) < 4.78 is 2.05. The van der Waals surface area contributed by atoms with Crippen LogP contribution in [0.5, 0.6) is 0 Å². The molecule has 0 aliphatic carbocycles. The van der Waals surface area contributed by atoms with Crippen molar-refractivity contribution in [1.29, 1.82) is 0 Å². The Balaban J connectivity index is 2.22. The predicted molar refractivity (Wildman–Crippen MR) is 78.3 cm³/mol. The molecular weight excluding hydrogens is 254 g/mol. The van der Waals surface area contributed by atoms with Crippen molar-refractivity contribution < 1.29 is 4.79 Å². The van der Waals surface area contributed by atoms with Crippen LogP contribution in [0.4, 0.5) is 10.6 Å². The number of amides is 2. The second-order valence-corrected chi connectivity index (χ2v) is 6.05. The number of rotatable bonds is 2. The van der Waals surface area contributed by atoms with Crippen LogP contribution in [0.15, 0.2) is 11.3 Å². The van der Waals surface area contributed by atoms with E-state index in [9.17, 15) is 4.79 Å². The van der Waals surface area contributed by atoms with Crippen LogP contribution >= 0.6 is 0 Å². The molecule has 2 amide bonds. The summed E-state index contributed by atoms with van der Waals surface area (Å²) in [5.41, 5.74) is 0.830. The molecule has 0 fully saturated rings. The average Bonchev–Trinajstić information content (AvgIpc) is 2.93. The summed E-state index contributed by atoms with van der Waals surface area (Å²) in [6.45, 7) is 10.9. The second kappa shape index (κ2) is 4.33. The van der Waals surface area contributed by atoms with E-state index in [1.54, 1.807) is 4.90 Å². The summed E-state index contributed by atoms with van der Waals surface area (Å²) in [5.74, 6) is 1.61. The van der Waals surface area contributed by atoms with Gasteiger partial charge in [0, 0.05) is 12.1 Å². The van der Waals surface area contributed by atoms with Gasteiger partial charge < -0.3 is 4.57 Å². The molecule has 0 aromatic carbocycles. The molecule has 108 valence electrons. The summed E-state index contributed by atoms with van der Waals surface area (Å²) in [7, 11) is 0. The van der Waals surface area contributed by atoms with Crippen LogP contribution in [0.1, 0.15) is 46.4 Å². The smallest absolute Gasteiger partial charge is 0.314 e. The topological polar surface area (TPSA) is 53.7 Å². The molecule has 1 atom stereocenters. The number of fused-ring (bicyclic) bond motifs is 3. The van der Waals surface area contributed by atoms with Crippen molar-refractivity contribution in [2.24, 2.45) is 4.99 Å². The monoisotopic (exact) mass is 275 g/mol. The zero-order valence-corrected chi connectivity index (χ0v) is 12.7. The zero-order chi connectivity index (χ0) is 14.6. The highest BCUT2D eigenvalue weighted by Gasteiger charge is 2.44. The minimum atomic E-state index is 0.0126. The fourth-order valence-corrected chi connectivity index (χ4v) is 2.85. The fourth-order valence-electron chi connectivity index (χ4n) is 2.85. The summed E-state index contributed by atoms with van der Waals surface area (Å²) in [6, 6.07) is 0.464. The minimum Gasteiger partial charge on any atom is -0.314 e. The summed E-state index contributed by atoms with van der Waals surface area (Å²) in [5, 5.41) is 0. The molecule has 0 radical (unpaired) electrons. The van der Waals surface area contributed by atoms with Crippen molar-refractivity contribution in [2.45, 2.75) is 52.7 Å². The third kappa shape index (κ3) is 1.60. The number of imidazole rings is 1. The van der Waals surface area contributed by atoms with E-state index in [1.807, 2.05) is 32.0 Å². The summed E-state index contributed by atoms with van der Waals surface area (Å²) in [4.78, 5) is 25.5. The van der Waals surface area contributed by atoms with Crippen LogP contribution < -0.4 is 4.90 Å². The molecule has 6 heteroatoms. The molecule has 2 aliphatic rings. The Bertz CT molecular complexity index is 586. The second-order valence-electron chi connectivity index (χ2n) is 6.05. The number of carbonyl (C=O) groups is 1. The first kappa shape index (κ1) is 13.1. The highest BCUT2D eigenvalue weighted by molar-refractivity contribution is 6.18. The Labute approximate surface area is 119 Å². The summed E-state index contributed by atoms with van der Waals surface area (Å²) >= 11 is 0. The van der Waals surface area contributed by atoms with Crippen molar-refractivity contribution in [3.05, 3.63) is 12.0 Å². The third-order valence-corrected chi connectivity index (χ3v) is 3.87. The maximum absolute atomic E-state index is 12.8. The lowest BCUT2D eigenvalue weighted by molar-refractivity contribution is 0.218. The first-order valence-electron chi connectivity index (χ1n) is 7.17. The van der Waals surface area contributed by atoms with Crippen molar-refractivity contribution in [3.8, 4) is 0 Å². The van der Waals surface area contributed by atoms with Gasteiger partial charge in [0.05, 0.1) is 18.9 Å².